The highest BCUT2D eigenvalue weighted by Crippen LogP contribution is 2.32. The van der Waals surface area contributed by atoms with Gasteiger partial charge in [0.1, 0.15) is 11.6 Å². The Hall–Kier alpha value is -2.68. The number of H-pyrrole nitrogens is 1. The molecule has 0 fully saturated rings. The fourth-order valence-electron chi connectivity index (χ4n) is 4.16. The maximum absolute atomic E-state index is 13.5. The topological polar surface area (TPSA) is 28.7 Å². The lowest BCUT2D eigenvalue weighted by atomic mass is 9.87. The van der Waals surface area contributed by atoms with Gasteiger partial charge in [0.2, 0.25) is 0 Å². The third-order valence-electron chi connectivity index (χ3n) is 5.60. The molecule has 3 aromatic carbocycles. The van der Waals surface area contributed by atoms with Gasteiger partial charge >= 0.3 is 0 Å². The van der Waals surface area contributed by atoms with Gasteiger partial charge in [-0.3, -0.25) is 0 Å². The number of unbranched alkanes of at least 4 members (excludes halogenated alkanes) is 3. The molecule has 1 atom stereocenters. The van der Waals surface area contributed by atoms with Crippen LogP contribution >= 0.6 is 0 Å². The van der Waals surface area contributed by atoms with Crippen molar-refractivity contribution in [2.24, 2.45) is 0 Å². The molecule has 0 aliphatic heterocycles. The SMILES string of the molecule is CCCCCCC(Cc1nc2ccc(F)cc2[nH]1)c1cccc2ccccc12. The predicted molar refractivity (Wildman–Crippen MR) is 115 cm³/mol. The normalized spacial score (nSPS) is 12.6. The van der Waals surface area contributed by atoms with Crippen LogP contribution in [0, 0.1) is 5.82 Å². The summed E-state index contributed by atoms with van der Waals surface area (Å²) in [5, 5.41) is 2.61. The molecule has 3 heteroatoms. The Morgan fingerprint density at radius 1 is 0.964 bits per heavy atom. The van der Waals surface area contributed by atoms with Crippen molar-refractivity contribution in [1.82, 2.24) is 9.97 Å². The third-order valence-corrected chi connectivity index (χ3v) is 5.60. The number of aromatic amines is 1. The number of rotatable bonds is 8. The number of hydrogen-bond acceptors (Lipinski definition) is 1. The number of nitrogens with one attached hydrogen (secondary N) is 1. The van der Waals surface area contributed by atoms with Crippen molar-refractivity contribution in [2.45, 2.75) is 51.4 Å². The number of benzene rings is 3. The molecule has 2 nitrogen and oxygen atoms in total. The fourth-order valence-corrected chi connectivity index (χ4v) is 4.16. The van der Waals surface area contributed by atoms with Gasteiger partial charge in [-0.15, -0.1) is 0 Å². The minimum absolute atomic E-state index is 0.229. The highest BCUT2D eigenvalue weighted by molar-refractivity contribution is 5.86. The third kappa shape index (κ3) is 4.09. The van der Waals surface area contributed by atoms with E-state index < -0.39 is 0 Å². The second-order valence-corrected chi connectivity index (χ2v) is 7.66. The fraction of sp³-hybridized carbons (Fsp3) is 0.320. The molecule has 4 rings (SSSR count). The summed E-state index contributed by atoms with van der Waals surface area (Å²) in [6, 6.07) is 19.9. The molecule has 0 aliphatic rings. The van der Waals surface area contributed by atoms with Gasteiger partial charge in [0.05, 0.1) is 11.0 Å². The van der Waals surface area contributed by atoms with Crippen LogP contribution in [-0.4, -0.2) is 9.97 Å². The molecule has 144 valence electrons. The van der Waals surface area contributed by atoms with E-state index in [9.17, 15) is 4.39 Å². The highest BCUT2D eigenvalue weighted by atomic mass is 19.1. The van der Waals surface area contributed by atoms with Gasteiger partial charge in [0, 0.05) is 6.42 Å². The molecule has 0 saturated heterocycles. The van der Waals surface area contributed by atoms with E-state index >= 15 is 0 Å². The number of halogens is 1. The summed E-state index contributed by atoms with van der Waals surface area (Å²) in [5.41, 5.74) is 3.00. The van der Waals surface area contributed by atoms with Crippen molar-refractivity contribution in [3.63, 3.8) is 0 Å². The minimum Gasteiger partial charge on any atom is -0.342 e. The van der Waals surface area contributed by atoms with Gasteiger partial charge in [0.15, 0.2) is 0 Å². The summed E-state index contributed by atoms with van der Waals surface area (Å²) in [5.74, 6) is 1.11. The summed E-state index contributed by atoms with van der Waals surface area (Å²) in [4.78, 5) is 8.06. The molecule has 0 amide bonds. The number of hydrogen-bond donors (Lipinski definition) is 1. The quantitative estimate of drug-likeness (QED) is 0.326. The van der Waals surface area contributed by atoms with E-state index in [0.717, 1.165) is 29.7 Å². The zero-order chi connectivity index (χ0) is 19.3. The average Bonchev–Trinajstić information content (AvgIpc) is 3.11. The van der Waals surface area contributed by atoms with Crippen molar-refractivity contribution in [3.05, 3.63) is 77.9 Å². The first kappa shape index (κ1) is 18.7. The lowest BCUT2D eigenvalue weighted by molar-refractivity contribution is 0.546. The van der Waals surface area contributed by atoms with Crippen LogP contribution in [0.4, 0.5) is 4.39 Å². The summed E-state index contributed by atoms with van der Waals surface area (Å²) in [7, 11) is 0. The molecular weight excluding hydrogens is 347 g/mol. The van der Waals surface area contributed by atoms with E-state index in [1.807, 2.05) is 0 Å². The van der Waals surface area contributed by atoms with Crippen molar-refractivity contribution in [1.29, 1.82) is 0 Å². The molecule has 1 aromatic heterocycles. The molecule has 0 bridgehead atoms. The summed E-state index contributed by atoms with van der Waals surface area (Å²) >= 11 is 0. The Kier molecular flexibility index (Phi) is 5.70. The molecule has 1 heterocycles. The van der Waals surface area contributed by atoms with Crippen LogP contribution < -0.4 is 0 Å². The summed E-state index contributed by atoms with van der Waals surface area (Å²) < 4.78 is 13.5. The van der Waals surface area contributed by atoms with Crippen LogP contribution in [0.2, 0.25) is 0 Å². The van der Waals surface area contributed by atoms with E-state index in [1.165, 1.54) is 54.2 Å². The second-order valence-electron chi connectivity index (χ2n) is 7.66. The standard InChI is InChI=1S/C25H27FN2/c1-2-3-4-5-10-19(22-13-8-11-18-9-6-7-12-21(18)22)16-25-27-23-15-14-20(26)17-24(23)28-25/h6-9,11-15,17,19H,2-5,10,16H2,1H3,(H,27,28). The molecule has 0 spiro atoms. The van der Waals surface area contributed by atoms with Crippen LogP contribution in [-0.2, 0) is 6.42 Å². The number of nitrogens with zero attached hydrogens (tertiary/aromatic N) is 1. The van der Waals surface area contributed by atoms with Crippen LogP contribution in [0.5, 0.6) is 0 Å². The molecule has 1 unspecified atom stereocenters. The van der Waals surface area contributed by atoms with E-state index in [0.29, 0.717) is 5.92 Å². The van der Waals surface area contributed by atoms with Gasteiger partial charge in [-0.05, 0) is 46.9 Å². The van der Waals surface area contributed by atoms with Gasteiger partial charge < -0.3 is 4.98 Å². The molecule has 0 aliphatic carbocycles. The first-order chi connectivity index (χ1) is 13.7. The van der Waals surface area contributed by atoms with Crippen molar-refractivity contribution in [2.75, 3.05) is 0 Å². The highest BCUT2D eigenvalue weighted by Gasteiger charge is 2.17. The zero-order valence-electron chi connectivity index (χ0n) is 16.4. The van der Waals surface area contributed by atoms with Crippen LogP contribution in [0.25, 0.3) is 21.8 Å². The predicted octanol–water partition coefficient (Wildman–Crippen LogP) is 7.15. The molecule has 4 aromatic rings. The maximum atomic E-state index is 13.5. The molecule has 28 heavy (non-hydrogen) atoms. The monoisotopic (exact) mass is 374 g/mol. The lowest BCUT2D eigenvalue weighted by Gasteiger charge is -2.19. The summed E-state index contributed by atoms with van der Waals surface area (Å²) in [6.07, 6.45) is 7.00. The van der Waals surface area contributed by atoms with E-state index in [-0.39, 0.29) is 5.82 Å². The largest absolute Gasteiger partial charge is 0.342 e. The Bertz CT molecular complexity index is 1060. The van der Waals surface area contributed by atoms with Crippen LogP contribution in [0.15, 0.2) is 60.7 Å². The average molecular weight is 375 g/mol. The Labute approximate surface area is 165 Å². The lowest BCUT2D eigenvalue weighted by Crippen LogP contribution is -2.06. The number of aromatic nitrogens is 2. The molecule has 1 N–H and O–H groups in total. The first-order valence-electron chi connectivity index (χ1n) is 10.4. The smallest absolute Gasteiger partial charge is 0.125 e. The summed E-state index contributed by atoms with van der Waals surface area (Å²) in [6.45, 7) is 2.25. The van der Waals surface area contributed by atoms with E-state index in [4.69, 9.17) is 4.98 Å². The van der Waals surface area contributed by atoms with Crippen molar-refractivity contribution in [3.8, 4) is 0 Å². The van der Waals surface area contributed by atoms with Gasteiger partial charge in [-0.1, -0.05) is 75.1 Å². The molecular formula is C25H27FN2. The van der Waals surface area contributed by atoms with E-state index in [2.05, 4.69) is 54.4 Å². The Morgan fingerprint density at radius 3 is 2.71 bits per heavy atom. The van der Waals surface area contributed by atoms with Crippen molar-refractivity contribution < 1.29 is 4.39 Å². The Balaban J connectivity index is 1.65. The van der Waals surface area contributed by atoms with E-state index in [1.54, 1.807) is 6.07 Å². The minimum atomic E-state index is -0.229. The van der Waals surface area contributed by atoms with Gasteiger partial charge in [0.25, 0.3) is 0 Å². The molecule has 0 saturated carbocycles. The second kappa shape index (κ2) is 8.55. The maximum Gasteiger partial charge on any atom is 0.125 e. The number of fused-ring (bicyclic) bond motifs is 2. The number of imidazole rings is 1. The molecule has 0 radical (unpaired) electrons. The van der Waals surface area contributed by atoms with Gasteiger partial charge in [-0.2, -0.15) is 0 Å². The van der Waals surface area contributed by atoms with Crippen molar-refractivity contribution >= 4 is 21.8 Å². The van der Waals surface area contributed by atoms with Crippen LogP contribution in [0.1, 0.15) is 56.3 Å². The Morgan fingerprint density at radius 2 is 1.82 bits per heavy atom. The van der Waals surface area contributed by atoms with Crippen LogP contribution in [0.3, 0.4) is 0 Å². The van der Waals surface area contributed by atoms with Gasteiger partial charge in [-0.25, -0.2) is 9.37 Å². The first-order valence-corrected chi connectivity index (χ1v) is 10.4. The zero-order valence-corrected chi connectivity index (χ0v) is 16.4.